The molecular formula is C14H20N2O3Si. The van der Waals surface area contributed by atoms with Gasteiger partial charge in [0.2, 0.25) is 16.3 Å². The fourth-order valence-electron chi connectivity index (χ4n) is 2.20. The topological polar surface area (TPSA) is 62.2 Å². The summed E-state index contributed by atoms with van der Waals surface area (Å²) < 4.78 is 10.3. The van der Waals surface area contributed by atoms with Crippen LogP contribution in [0.15, 0.2) is 28.8 Å². The lowest BCUT2D eigenvalue weighted by atomic mass is 10.1. The number of hydrogen-bond donors (Lipinski definition) is 0. The normalized spacial score (nSPS) is 11.6. The van der Waals surface area contributed by atoms with Gasteiger partial charge in [0.1, 0.15) is 5.75 Å². The number of rotatable bonds is 5. The van der Waals surface area contributed by atoms with Crippen molar-refractivity contribution in [3.05, 3.63) is 40.8 Å². The first-order chi connectivity index (χ1) is 9.41. The van der Waals surface area contributed by atoms with Crippen molar-refractivity contribution >= 4 is 13.4 Å². The molecule has 2 rings (SSSR count). The van der Waals surface area contributed by atoms with E-state index >= 15 is 0 Å². The van der Waals surface area contributed by atoms with Gasteiger partial charge in [0.05, 0.1) is 7.11 Å². The molecule has 0 aliphatic carbocycles. The Hall–Kier alpha value is -1.82. The van der Waals surface area contributed by atoms with E-state index in [0.717, 1.165) is 23.2 Å². The summed E-state index contributed by atoms with van der Waals surface area (Å²) >= 11 is 0. The predicted octanol–water partition coefficient (Wildman–Crippen LogP) is 1.65. The van der Waals surface area contributed by atoms with Gasteiger partial charge in [0.15, 0.2) is 8.07 Å². The van der Waals surface area contributed by atoms with Gasteiger partial charge in [-0.1, -0.05) is 31.8 Å². The van der Waals surface area contributed by atoms with E-state index in [1.807, 2.05) is 24.3 Å². The molecule has 1 aromatic carbocycles. The third-order valence-electron chi connectivity index (χ3n) is 3.19. The molecule has 0 amide bonds. The number of benzene rings is 1. The van der Waals surface area contributed by atoms with Crippen LogP contribution in [0.3, 0.4) is 0 Å². The van der Waals surface area contributed by atoms with Crippen LogP contribution in [-0.4, -0.2) is 20.5 Å². The third-order valence-corrected chi connectivity index (χ3v) is 5.08. The van der Waals surface area contributed by atoms with Crippen molar-refractivity contribution in [1.82, 2.24) is 5.27 Å². The molecule has 1 aromatic heterocycles. The van der Waals surface area contributed by atoms with Gasteiger partial charge < -0.3 is 14.5 Å². The molecular weight excluding hydrogens is 272 g/mol. The van der Waals surface area contributed by atoms with Gasteiger partial charge in [-0.05, 0) is 29.0 Å². The van der Waals surface area contributed by atoms with Crippen LogP contribution in [0.25, 0.3) is 0 Å². The van der Waals surface area contributed by atoms with E-state index in [2.05, 4.69) is 24.9 Å². The molecule has 0 aliphatic rings. The van der Waals surface area contributed by atoms with Crippen molar-refractivity contribution in [2.24, 2.45) is 0 Å². The highest BCUT2D eigenvalue weighted by molar-refractivity contribution is 6.87. The minimum Gasteiger partial charge on any atom is -0.592 e. The highest BCUT2D eigenvalue weighted by atomic mass is 28.3. The maximum absolute atomic E-state index is 11.7. The van der Waals surface area contributed by atoms with Crippen molar-refractivity contribution in [2.45, 2.75) is 32.5 Å². The lowest BCUT2D eigenvalue weighted by Gasteiger charge is -2.10. The molecule has 20 heavy (non-hydrogen) atoms. The molecule has 1 heterocycles. The van der Waals surface area contributed by atoms with E-state index in [9.17, 15) is 5.21 Å². The van der Waals surface area contributed by atoms with Crippen molar-refractivity contribution in [3.63, 3.8) is 0 Å². The lowest BCUT2D eigenvalue weighted by Crippen LogP contribution is -2.58. The number of nitrogens with zero attached hydrogens (tertiary/aromatic N) is 2. The molecule has 0 aliphatic heterocycles. The minimum atomic E-state index is -1.75. The highest BCUT2D eigenvalue weighted by Gasteiger charge is 2.34. The Labute approximate surface area is 119 Å². The van der Waals surface area contributed by atoms with Gasteiger partial charge in [-0.3, -0.25) is 0 Å². The lowest BCUT2D eigenvalue weighted by molar-refractivity contribution is -0.664. The number of hydrogen-bond acceptors (Lipinski definition) is 4. The molecule has 0 spiro atoms. The van der Waals surface area contributed by atoms with E-state index in [1.165, 1.54) is 5.56 Å². The summed E-state index contributed by atoms with van der Waals surface area (Å²) in [4.78, 5) is 0.648. The van der Waals surface area contributed by atoms with Crippen molar-refractivity contribution in [1.29, 1.82) is 0 Å². The van der Waals surface area contributed by atoms with Gasteiger partial charge in [0, 0.05) is 6.42 Å². The molecule has 0 atom stereocenters. The zero-order valence-corrected chi connectivity index (χ0v) is 13.3. The number of methoxy groups -OCH3 is 1. The van der Waals surface area contributed by atoms with Crippen molar-refractivity contribution in [3.8, 4) is 5.75 Å². The van der Waals surface area contributed by atoms with Gasteiger partial charge in [0.25, 0.3) is 0 Å². The van der Waals surface area contributed by atoms with Gasteiger partial charge >= 0.3 is 0 Å². The molecule has 2 aromatic rings. The van der Waals surface area contributed by atoms with Crippen LogP contribution in [0.4, 0.5) is 0 Å². The Morgan fingerprint density at radius 1 is 1.20 bits per heavy atom. The van der Waals surface area contributed by atoms with Crippen LogP contribution < -0.4 is 14.9 Å². The van der Waals surface area contributed by atoms with Gasteiger partial charge in [-0.15, -0.1) is 0 Å². The van der Waals surface area contributed by atoms with Crippen LogP contribution in [-0.2, 0) is 12.8 Å². The van der Waals surface area contributed by atoms with Crippen LogP contribution in [0.2, 0.25) is 19.6 Å². The van der Waals surface area contributed by atoms with Crippen LogP contribution in [0.5, 0.6) is 5.75 Å². The average Bonchev–Trinajstić information content (AvgIpc) is 2.78. The van der Waals surface area contributed by atoms with E-state index < -0.39 is 8.07 Å². The molecule has 0 N–H and O–H groups in total. The summed E-state index contributed by atoms with van der Waals surface area (Å²) in [5.41, 5.74) is 1.18. The second-order valence-corrected chi connectivity index (χ2v) is 10.8. The summed E-state index contributed by atoms with van der Waals surface area (Å²) in [6.07, 6.45) is 1.50. The largest absolute Gasteiger partial charge is 0.592 e. The maximum atomic E-state index is 11.7. The van der Waals surface area contributed by atoms with Gasteiger partial charge in [-0.25, -0.2) is 0 Å². The number of aromatic nitrogens is 2. The van der Waals surface area contributed by atoms with E-state index in [1.54, 1.807) is 7.11 Å². The minimum absolute atomic E-state index is 0.648. The van der Waals surface area contributed by atoms with Crippen molar-refractivity contribution in [2.75, 3.05) is 7.11 Å². The second-order valence-electron chi connectivity index (χ2n) is 5.82. The SMILES string of the molecule is COc1ccc(CCc2on[n+]([O-])c2[Si](C)(C)C)cc1. The zero-order chi connectivity index (χ0) is 14.8. The summed E-state index contributed by atoms with van der Waals surface area (Å²) in [6, 6.07) is 7.91. The van der Waals surface area contributed by atoms with Crippen LogP contribution >= 0.6 is 0 Å². The summed E-state index contributed by atoms with van der Waals surface area (Å²) in [6.45, 7) is 6.35. The molecule has 0 fully saturated rings. The molecule has 0 unspecified atom stereocenters. The Balaban J connectivity index is 2.11. The number of ether oxygens (including phenoxy) is 1. The Morgan fingerprint density at radius 2 is 1.85 bits per heavy atom. The zero-order valence-electron chi connectivity index (χ0n) is 12.3. The summed E-state index contributed by atoms with van der Waals surface area (Å²) in [5.74, 6) is 1.56. The van der Waals surface area contributed by atoms with Crippen molar-refractivity contribution < 1.29 is 14.1 Å². The Bertz CT molecular complexity index is 573. The van der Waals surface area contributed by atoms with E-state index in [-0.39, 0.29) is 0 Å². The predicted molar refractivity (Wildman–Crippen MR) is 78.8 cm³/mol. The smallest absolute Gasteiger partial charge is 0.235 e. The standard InChI is InChI=1S/C14H20N2O3Si/c1-18-12-8-5-11(6-9-12)7-10-13-14(20(2,3)4)16(17)15-19-13/h5-6,8-9H,7,10H2,1-4H3. The molecule has 108 valence electrons. The van der Waals surface area contributed by atoms with Crippen LogP contribution in [0, 0.1) is 5.21 Å². The van der Waals surface area contributed by atoms with Gasteiger partial charge in [-0.2, -0.15) is 0 Å². The first-order valence-corrected chi connectivity index (χ1v) is 10.1. The molecule has 0 radical (unpaired) electrons. The fraction of sp³-hybridized carbons (Fsp3) is 0.429. The number of aryl methyl sites for hydroxylation is 2. The molecule has 6 heteroatoms. The van der Waals surface area contributed by atoms with Crippen LogP contribution in [0.1, 0.15) is 11.3 Å². The van der Waals surface area contributed by atoms with E-state index in [4.69, 9.17) is 9.26 Å². The average molecular weight is 292 g/mol. The molecule has 0 saturated carbocycles. The Kier molecular flexibility index (Phi) is 4.13. The first kappa shape index (κ1) is 14.6. The second kappa shape index (κ2) is 5.66. The molecule has 0 bridgehead atoms. The summed E-state index contributed by atoms with van der Waals surface area (Å²) in [7, 11) is -0.0994. The monoisotopic (exact) mass is 292 g/mol. The highest BCUT2D eigenvalue weighted by Crippen LogP contribution is 2.13. The first-order valence-electron chi connectivity index (χ1n) is 6.63. The Morgan fingerprint density at radius 3 is 2.40 bits per heavy atom. The fourth-order valence-corrected chi connectivity index (χ4v) is 3.82. The summed E-state index contributed by atoms with van der Waals surface area (Å²) in [5, 5.41) is 16.0. The molecule has 5 nitrogen and oxygen atoms in total. The molecule has 0 saturated heterocycles. The van der Waals surface area contributed by atoms with E-state index in [0.29, 0.717) is 11.3 Å². The maximum Gasteiger partial charge on any atom is 0.235 e. The quantitative estimate of drug-likeness (QED) is 0.477. The third kappa shape index (κ3) is 3.19.